The number of aromatic nitrogens is 5. The van der Waals surface area contributed by atoms with Crippen molar-refractivity contribution in [2.45, 2.75) is 37.9 Å². The van der Waals surface area contributed by atoms with Crippen molar-refractivity contribution in [3.63, 3.8) is 0 Å². The van der Waals surface area contributed by atoms with Gasteiger partial charge in [0.05, 0.1) is 6.20 Å². The Morgan fingerprint density at radius 1 is 1.48 bits per heavy atom. The summed E-state index contributed by atoms with van der Waals surface area (Å²) in [5.41, 5.74) is 0. The molecule has 0 aromatic carbocycles. The number of aryl methyl sites for hydroxylation is 1. The third kappa shape index (κ3) is 5.35. The lowest BCUT2D eigenvalue weighted by Crippen LogP contribution is -2.31. The molecular weight excluding hydrogens is 338 g/mol. The van der Waals surface area contributed by atoms with Gasteiger partial charge in [-0.3, -0.25) is 10.4 Å². The molecule has 0 fully saturated rings. The topological polar surface area (TPSA) is 101 Å². The molecule has 0 unspecified atom stereocenters. The van der Waals surface area contributed by atoms with Crippen LogP contribution in [0.5, 0.6) is 0 Å². The van der Waals surface area contributed by atoms with Crippen molar-refractivity contribution < 1.29 is 4.79 Å². The molecule has 2 aromatic heterocycles. The van der Waals surface area contributed by atoms with Crippen LogP contribution in [-0.2, 0) is 6.54 Å². The second kappa shape index (κ2) is 8.70. The molecule has 134 valence electrons. The van der Waals surface area contributed by atoms with Crippen LogP contribution in [0.3, 0.4) is 0 Å². The molecule has 0 aliphatic heterocycles. The maximum Gasteiger partial charge on any atom is 0.320 e. The quantitative estimate of drug-likeness (QED) is 0.400. The first-order valence-corrected chi connectivity index (χ1v) is 9.43. The van der Waals surface area contributed by atoms with Crippen molar-refractivity contribution in [1.29, 1.82) is 0 Å². The highest BCUT2D eigenvalue weighted by Crippen LogP contribution is 2.21. The van der Waals surface area contributed by atoms with Gasteiger partial charge in [-0.1, -0.05) is 23.9 Å². The Hall–Kier alpha value is -2.29. The molecule has 2 heterocycles. The van der Waals surface area contributed by atoms with Crippen molar-refractivity contribution >= 4 is 23.6 Å². The minimum atomic E-state index is -0.225. The Kier molecular flexibility index (Phi) is 6.10. The van der Waals surface area contributed by atoms with E-state index < -0.39 is 0 Å². The Morgan fingerprint density at radius 2 is 2.40 bits per heavy atom. The first-order valence-electron chi connectivity index (χ1n) is 8.44. The fraction of sp³-hybridized carbons (Fsp3) is 0.500. The van der Waals surface area contributed by atoms with Crippen LogP contribution in [0.1, 0.15) is 25.1 Å². The molecule has 1 aliphatic carbocycles. The number of amides is 2. The van der Waals surface area contributed by atoms with Crippen LogP contribution in [0.2, 0.25) is 0 Å². The molecule has 1 atom stereocenters. The molecule has 0 bridgehead atoms. The van der Waals surface area contributed by atoms with E-state index in [0.29, 0.717) is 23.4 Å². The van der Waals surface area contributed by atoms with Crippen LogP contribution in [0.4, 0.5) is 10.6 Å². The van der Waals surface area contributed by atoms with E-state index >= 15 is 0 Å². The molecule has 0 spiro atoms. The van der Waals surface area contributed by atoms with Crippen LogP contribution in [-0.4, -0.2) is 43.3 Å². The van der Waals surface area contributed by atoms with Crippen molar-refractivity contribution in [3.05, 3.63) is 30.2 Å². The highest BCUT2D eigenvalue weighted by Gasteiger charge is 2.14. The monoisotopic (exact) mass is 361 g/mol. The Balaban J connectivity index is 1.40. The number of urea groups is 1. The van der Waals surface area contributed by atoms with Crippen LogP contribution >= 0.6 is 11.8 Å². The Bertz CT molecular complexity index is 724. The average Bonchev–Trinajstić information content (AvgIpc) is 3.22. The summed E-state index contributed by atoms with van der Waals surface area (Å²) in [4.78, 5) is 16.3. The highest BCUT2D eigenvalue weighted by atomic mass is 32.2. The van der Waals surface area contributed by atoms with Gasteiger partial charge < -0.3 is 5.32 Å². The summed E-state index contributed by atoms with van der Waals surface area (Å²) in [6.45, 7) is 3.22. The van der Waals surface area contributed by atoms with Gasteiger partial charge in [-0.15, -0.1) is 5.10 Å². The molecule has 2 amide bonds. The van der Waals surface area contributed by atoms with Gasteiger partial charge in [-0.2, -0.15) is 5.10 Å². The van der Waals surface area contributed by atoms with E-state index in [1.165, 1.54) is 18.2 Å². The first-order chi connectivity index (χ1) is 12.2. The molecule has 25 heavy (non-hydrogen) atoms. The van der Waals surface area contributed by atoms with Crippen molar-refractivity contribution in [1.82, 2.24) is 30.3 Å². The minimum Gasteiger partial charge on any atom is -0.337 e. The summed E-state index contributed by atoms with van der Waals surface area (Å²) in [6, 6.07) is 1.60. The summed E-state index contributed by atoms with van der Waals surface area (Å²) >= 11 is 1.50. The number of nitrogens with one attached hydrogen (secondary N) is 3. The summed E-state index contributed by atoms with van der Waals surface area (Å²) < 4.78 is 1.87. The lowest BCUT2D eigenvalue weighted by atomic mass is 9.94. The number of anilines is 1. The SMILES string of the molecule is Cc1nc(SCCNC(=O)Nc2ccnn2C[C@@H]2CC=CCC2)n[nH]1. The molecule has 0 saturated carbocycles. The van der Waals surface area contributed by atoms with E-state index in [-0.39, 0.29) is 6.03 Å². The molecular formula is C16H23N7OS. The third-order valence-electron chi connectivity index (χ3n) is 3.96. The molecule has 0 saturated heterocycles. The van der Waals surface area contributed by atoms with Gasteiger partial charge in [-0.25, -0.2) is 14.5 Å². The van der Waals surface area contributed by atoms with Gasteiger partial charge in [0.1, 0.15) is 11.6 Å². The second-order valence-corrected chi connectivity index (χ2v) is 7.04. The number of hydrogen-bond acceptors (Lipinski definition) is 5. The maximum absolute atomic E-state index is 12.0. The average molecular weight is 361 g/mol. The van der Waals surface area contributed by atoms with Gasteiger partial charge in [0.25, 0.3) is 0 Å². The molecule has 1 aliphatic rings. The standard InChI is InChI=1S/C16H23N7OS/c1-12-19-16(22-21-12)25-10-9-17-15(24)20-14-7-8-18-23(14)11-13-5-3-2-4-6-13/h2-3,7-8,13H,4-6,9-11H2,1H3,(H2,17,20,24)(H,19,21,22)/t13-/m1/s1. The van der Waals surface area contributed by atoms with Gasteiger partial charge in [0.2, 0.25) is 5.16 Å². The molecule has 2 aromatic rings. The van der Waals surface area contributed by atoms with Crippen LogP contribution in [0.15, 0.2) is 29.6 Å². The number of rotatable bonds is 7. The first kappa shape index (κ1) is 17.5. The zero-order chi connectivity index (χ0) is 17.5. The molecule has 3 N–H and O–H groups in total. The van der Waals surface area contributed by atoms with E-state index in [9.17, 15) is 4.79 Å². The van der Waals surface area contributed by atoms with Crippen LogP contribution in [0.25, 0.3) is 0 Å². The van der Waals surface area contributed by atoms with Crippen LogP contribution < -0.4 is 10.6 Å². The minimum absolute atomic E-state index is 0.225. The lowest BCUT2D eigenvalue weighted by molar-refractivity contribution is 0.252. The van der Waals surface area contributed by atoms with Gasteiger partial charge in [0.15, 0.2) is 0 Å². The fourth-order valence-corrected chi connectivity index (χ4v) is 3.40. The number of thioether (sulfide) groups is 1. The van der Waals surface area contributed by atoms with E-state index in [1.807, 2.05) is 17.7 Å². The number of nitrogens with zero attached hydrogens (tertiary/aromatic N) is 4. The third-order valence-corrected chi connectivity index (χ3v) is 4.81. The predicted octanol–water partition coefficient (Wildman–Crippen LogP) is 2.58. The summed E-state index contributed by atoms with van der Waals surface area (Å²) in [7, 11) is 0. The van der Waals surface area contributed by atoms with E-state index in [1.54, 1.807) is 6.20 Å². The van der Waals surface area contributed by atoms with E-state index in [2.05, 4.69) is 43.1 Å². The maximum atomic E-state index is 12.0. The van der Waals surface area contributed by atoms with Crippen molar-refractivity contribution in [2.75, 3.05) is 17.6 Å². The van der Waals surface area contributed by atoms with Gasteiger partial charge in [-0.05, 0) is 32.1 Å². The normalized spacial score (nSPS) is 16.8. The molecule has 0 radical (unpaired) electrons. The smallest absolute Gasteiger partial charge is 0.320 e. The fourth-order valence-electron chi connectivity index (χ4n) is 2.71. The largest absolute Gasteiger partial charge is 0.337 e. The number of H-pyrrole nitrogens is 1. The summed E-state index contributed by atoms with van der Waals surface area (Å²) in [6.07, 6.45) is 9.53. The molecule has 8 nitrogen and oxygen atoms in total. The second-order valence-electron chi connectivity index (χ2n) is 5.98. The van der Waals surface area contributed by atoms with Crippen molar-refractivity contribution in [3.8, 4) is 0 Å². The summed E-state index contributed by atoms with van der Waals surface area (Å²) in [5, 5.41) is 17.6. The van der Waals surface area contributed by atoms with E-state index in [4.69, 9.17) is 0 Å². The number of aromatic amines is 1. The number of carbonyl (C=O) groups is 1. The van der Waals surface area contributed by atoms with Crippen molar-refractivity contribution in [2.24, 2.45) is 5.92 Å². The van der Waals surface area contributed by atoms with Gasteiger partial charge >= 0.3 is 6.03 Å². The highest BCUT2D eigenvalue weighted by molar-refractivity contribution is 7.99. The lowest BCUT2D eigenvalue weighted by Gasteiger charge is -2.19. The zero-order valence-corrected chi connectivity index (χ0v) is 15.1. The van der Waals surface area contributed by atoms with Crippen LogP contribution in [0, 0.1) is 12.8 Å². The van der Waals surface area contributed by atoms with E-state index in [0.717, 1.165) is 31.0 Å². The number of carbonyl (C=O) groups excluding carboxylic acids is 1. The number of hydrogen-bond donors (Lipinski definition) is 3. The Labute approximate surface area is 150 Å². The molecule has 9 heteroatoms. The molecule has 3 rings (SSSR count). The predicted molar refractivity (Wildman–Crippen MR) is 97.6 cm³/mol. The number of allylic oxidation sites excluding steroid dienone is 2. The summed E-state index contributed by atoms with van der Waals surface area (Å²) in [5.74, 6) is 2.80. The Morgan fingerprint density at radius 3 is 3.16 bits per heavy atom. The van der Waals surface area contributed by atoms with Gasteiger partial charge in [0, 0.05) is 24.9 Å². The zero-order valence-electron chi connectivity index (χ0n) is 14.2.